The monoisotopic (exact) mass is 267 g/mol. The maximum atomic E-state index is 12.6. The van der Waals surface area contributed by atoms with E-state index in [2.05, 4.69) is 13.8 Å². The summed E-state index contributed by atoms with van der Waals surface area (Å²) in [6, 6.07) is 0. The summed E-state index contributed by atoms with van der Waals surface area (Å²) in [4.78, 5) is 26.0. The van der Waals surface area contributed by atoms with Crippen molar-refractivity contribution in [1.82, 2.24) is 4.90 Å². The predicted octanol–water partition coefficient (Wildman–Crippen LogP) is 2.22. The van der Waals surface area contributed by atoms with E-state index in [-0.39, 0.29) is 29.1 Å². The average Bonchev–Trinajstić information content (AvgIpc) is 2.86. The van der Waals surface area contributed by atoms with Crippen molar-refractivity contribution in [3.63, 3.8) is 0 Å². The van der Waals surface area contributed by atoms with Crippen LogP contribution in [0.5, 0.6) is 0 Å². The fraction of sp³-hybridized carbons (Fsp3) is 0.867. The highest BCUT2D eigenvalue weighted by molar-refractivity contribution is 5.81. The lowest BCUT2D eigenvalue weighted by Gasteiger charge is -2.39. The second-order valence-corrected chi connectivity index (χ2v) is 6.58. The SMILES string of the molecule is COC(=O)C1CCN(C(=O)C2CCCCC2(C)C)C1. The Kier molecular flexibility index (Phi) is 4.16. The molecule has 4 heteroatoms. The summed E-state index contributed by atoms with van der Waals surface area (Å²) in [6.45, 7) is 5.63. The van der Waals surface area contributed by atoms with Gasteiger partial charge < -0.3 is 9.64 Å². The third-order valence-electron chi connectivity index (χ3n) is 4.84. The fourth-order valence-electron chi connectivity index (χ4n) is 3.49. The van der Waals surface area contributed by atoms with Gasteiger partial charge in [-0.1, -0.05) is 26.7 Å². The Morgan fingerprint density at radius 3 is 2.58 bits per heavy atom. The van der Waals surface area contributed by atoms with E-state index in [9.17, 15) is 9.59 Å². The van der Waals surface area contributed by atoms with E-state index in [1.54, 1.807) is 0 Å². The maximum Gasteiger partial charge on any atom is 0.310 e. The lowest BCUT2D eigenvalue weighted by molar-refractivity contribution is -0.145. The number of esters is 1. The Labute approximate surface area is 115 Å². The Hall–Kier alpha value is -1.06. The second kappa shape index (κ2) is 5.51. The molecule has 4 nitrogen and oxygen atoms in total. The van der Waals surface area contributed by atoms with Gasteiger partial charge in [0.25, 0.3) is 0 Å². The highest BCUT2D eigenvalue weighted by Crippen LogP contribution is 2.42. The van der Waals surface area contributed by atoms with Gasteiger partial charge in [0.05, 0.1) is 13.0 Å². The van der Waals surface area contributed by atoms with Crippen LogP contribution in [0.15, 0.2) is 0 Å². The summed E-state index contributed by atoms with van der Waals surface area (Å²) in [6.07, 6.45) is 5.23. The molecule has 2 atom stereocenters. The maximum absolute atomic E-state index is 12.6. The first-order chi connectivity index (χ1) is 8.95. The third-order valence-corrected chi connectivity index (χ3v) is 4.84. The quantitative estimate of drug-likeness (QED) is 0.721. The molecule has 0 N–H and O–H groups in total. The first-order valence-corrected chi connectivity index (χ1v) is 7.32. The number of hydrogen-bond acceptors (Lipinski definition) is 3. The molecule has 0 aromatic rings. The number of carbonyl (C=O) groups excluding carboxylic acids is 2. The number of amides is 1. The summed E-state index contributed by atoms with van der Waals surface area (Å²) in [5.41, 5.74) is 0.0959. The van der Waals surface area contributed by atoms with Gasteiger partial charge in [0.1, 0.15) is 0 Å². The molecule has 2 unspecified atom stereocenters. The third kappa shape index (κ3) is 2.93. The van der Waals surface area contributed by atoms with Crippen LogP contribution in [0, 0.1) is 17.3 Å². The zero-order valence-corrected chi connectivity index (χ0v) is 12.3. The summed E-state index contributed by atoms with van der Waals surface area (Å²) in [7, 11) is 1.41. The minimum Gasteiger partial charge on any atom is -0.469 e. The number of likely N-dealkylation sites (tertiary alicyclic amines) is 1. The van der Waals surface area contributed by atoms with Crippen LogP contribution in [0.3, 0.4) is 0 Å². The van der Waals surface area contributed by atoms with E-state index in [4.69, 9.17) is 4.74 Å². The van der Waals surface area contributed by atoms with Crippen molar-refractivity contribution in [2.75, 3.05) is 20.2 Å². The topological polar surface area (TPSA) is 46.6 Å². The number of carbonyl (C=O) groups is 2. The number of hydrogen-bond donors (Lipinski definition) is 0. The van der Waals surface area contributed by atoms with Gasteiger partial charge in [-0.15, -0.1) is 0 Å². The lowest BCUT2D eigenvalue weighted by atomic mass is 9.68. The van der Waals surface area contributed by atoms with Gasteiger partial charge in [0.15, 0.2) is 0 Å². The lowest BCUT2D eigenvalue weighted by Crippen LogP contribution is -2.43. The first kappa shape index (κ1) is 14.4. The molecule has 108 valence electrons. The zero-order valence-electron chi connectivity index (χ0n) is 12.3. The number of ether oxygens (including phenoxy) is 1. The molecule has 1 saturated heterocycles. The van der Waals surface area contributed by atoms with E-state index in [1.807, 2.05) is 4.90 Å². The summed E-state index contributed by atoms with van der Waals surface area (Å²) >= 11 is 0. The Balaban J connectivity index is 1.99. The standard InChI is InChI=1S/C15H25NO3/c1-15(2)8-5-4-6-12(15)13(17)16-9-7-11(10-16)14(18)19-3/h11-12H,4-10H2,1-3H3. The minimum absolute atomic E-state index is 0.0959. The molecular weight excluding hydrogens is 242 g/mol. The average molecular weight is 267 g/mol. The van der Waals surface area contributed by atoms with Crippen LogP contribution < -0.4 is 0 Å². The van der Waals surface area contributed by atoms with Crippen molar-refractivity contribution in [3.8, 4) is 0 Å². The molecule has 19 heavy (non-hydrogen) atoms. The number of nitrogens with zero attached hydrogens (tertiary/aromatic N) is 1. The van der Waals surface area contributed by atoms with Gasteiger partial charge in [-0.25, -0.2) is 0 Å². The minimum atomic E-state index is -0.182. The van der Waals surface area contributed by atoms with Crippen molar-refractivity contribution >= 4 is 11.9 Å². The molecule has 1 aliphatic carbocycles. The number of rotatable bonds is 2. The van der Waals surface area contributed by atoms with Crippen LogP contribution in [0.25, 0.3) is 0 Å². The van der Waals surface area contributed by atoms with E-state index in [1.165, 1.54) is 13.5 Å². The molecule has 2 fully saturated rings. The van der Waals surface area contributed by atoms with Crippen LogP contribution in [-0.2, 0) is 14.3 Å². The highest BCUT2D eigenvalue weighted by atomic mass is 16.5. The molecule has 2 aliphatic rings. The molecule has 0 radical (unpaired) electrons. The largest absolute Gasteiger partial charge is 0.469 e. The van der Waals surface area contributed by atoms with E-state index in [0.717, 1.165) is 25.7 Å². The van der Waals surface area contributed by atoms with Crippen molar-refractivity contribution < 1.29 is 14.3 Å². The highest BCUT2D eigenvalue weighted by Gasteiger charge is 2.41. The summed E-state index contributed by atoms with van der Waals surface area (Å²) < 4.78 is 4.77. The predicted molar refractivity (Wildman–Crippen MR) is 72.4 cm³/mol. The molecular formula is C15H25NO3. The van der Waals surface area contributed by atoms with Crippen molar-refractivity contribution in [1.29, 1.82) is 0 Å². The van der Waals surface area contributed by atoms with Crippen LogP contribution >= 0.6 is 0 Å². The zero-order chi connectivity index (χ0) is 14.0. The fourth-order valence-corrected chi connectivity index (χ4v) is 3.49. The molecule has 1 saturated carbocycles. The van der Waals surface area contributed by atoms with Crippen LogP contribution in [0.1, 0.15) is 46.0 Å². The Bertz CT molecular complexity index is 364. The van der Waals surface area contributed by atoms with Gasteiger partial charge >= 0.3 is 5.97 Å². The van der Waals surface area contributed by atoms with E-state index >= 15 is 0 Å². The van der Waals surface area contributed by atoms with E-state index in [0.29, 0.717) is 13.1 Å². The second-order valence-electron chi connectivity index (χ2n) is 6.58. The first-order valence-electron chi connectivity index (χ1n) is 7.32. The van der Waals surface area contributed by atoms with Crippen LogP contribution in [-0.4, -0.2) is 37.0 Å². The van der Waals surface area contributed by atoms with Crippen molar-refractivity contribution in [3.05, 3.63) is 0 Å². The van der Waals surface area contributed by atoms with Gasteiger partial charge in [-0.05, 0) is 24.7 Å². The van der Waals surface area contributed by atoms with Gasteiger partial charge in [0, 0.05) is 19.0 Å². The molecule has 0 bridgehead atoms. The summed E-state index contributed by atoms with van der Waals surface area (Å²) in [5.74, 6) is 0.0626. The molecule has 2 rings (SSSR count). The van der Waals surface area contributed by atoms with Gasteiger partial charge in [-0.2, -0.15) is 0 Å². The van der Waals surface area contributed by atoms with Crippen molar-refractivity contribution in [2.24, 2.45) is 17.3 Å². The molecule has 0 aromatic heterocycles. The van der Waals surface area contributed by atoms with Crippen molar-refractivity contribution in [2.45, 2.75) is 46.0 Å². The molecule has 1 amide bonds. The Morgan fingerprint density at radius 2 is 1.95 bits per heavy atom. The number of methoxy groups -OCH3 is 1. The van der Waals surface area contributed by atoms with Gasteiger partial charge in [-0.3, -0.25) is 9.59 Å². The van der Waals surface area contributed by atoms with Crippen LogP contribution in [0.2, 0.25) is 0 Å². The smallest absolute Gasteiger partial charge is 0.310 e. The molecule has 0 aromatic carbocycles. The molecule has 1 aliphatic heterocycles. The Morgan fingerprint density at radius 1 is 1.21 bits per heavy atom. The molecule has 1 heterocycles. The normalized spacial score (nSPS) is 30.2. The molecule has 0 spiro atoms. The van der Waals surface area contributed by atoms with E-state index < -0.39 is 0 Å². The van der Waals surface area contributed by atoms with Gasteiger partial charge in [0.2, 0.25) is 5.91 Å². The summed E-state index contributed by atoms with van der Waals surface area (Å²) in [5, 5.41) is 0. The van der Waals surface area contributed by atoms with Crippen LogP contribution in [0.4, 0.5) is 0 Å².